The minimum absolute atomic E-state index is 0.146. The summed E-state index contributed by atoms with van der Waals surface area (Å²) in [5.41, 5.74) is 5.25. The van der Waals surface area contributed by atoms with Crippen molar-refractivity contribution >= 4 is 38.5 Å². The van der Waals surface area contributed by atoms with Crippen molar-refractivity contribution in [2.24, 2.45) is 0 Å². The molecule has 2 fully saturated rings. The number of aromatic nitrogens is 1. The van der Waals surface area contributed by atoms with Crippen molar-refractivity contribution < 1.29 is 14.6 Å². The Morgan fingerprint density at radius 2 is 1.81 bits per heavy atom. The van der Waals surface area contributed by atoms with Crippen molar-refractivity contribution in [3.05, 3.63) is 57.7 Å². The number of phenolic OH excluding ortho intramolecular Hbond substituents is 1. The third kappa shape index (κ3) is 4.88. The second-order valence-corrected chi connectivity index (χ2v) is 10.9. The van der Waals surface area contributed by atoms with Gasteiger partial charge in [0.15, 0.2) is 0 Å². The van der Waals surface area contributed by atoms with Gasteiger partial charge < -0.3 is 19.3 Å². The number of fused-ring (bicyclic) bond motifs is 1. The smallest absolute Gasteiger partial charge is 0.340 e. The highest BCUT2D eigenvalue weighted by atomic mass is 79.9. The van der Waals surface area contributed by atoms with Gasteiger partial charge in [0.1, 0.15) is 5.75 Å². The van der Waals surface area contributed by atoms with Gasteiger partial charge in [-0.25, -0.2) is 4.79 Å². The number of hydrogen-bond donors (Lipinski definition) is 1. The van der Waals surface area contributed by atoms with Gasteiger partial charge in [-0.15, -0.1) is 0 Å². The summed E-state index contributed by atoms with van der Waals surface area (Å²) in [7, 11) is 0. The molecule has 2 aliphatic rings. The van der Waals surface area contributed by atoms with Crippen LogP contribution in [0.2, 0.25) is 0 Å². The number of carbonyl (C=O) groups is 1. The number of nitrogens with zero attached hydrogens (tertiary/aromatic N) is 3. The molecule has 1 N–H and O–H groups in total. The van der Waals surface area contributed by atoms with E-state index in [1.165, 1.54) is 30.5 Å². The summed E-state index contributed by atoms with van der Waals surface area (Å²) >= 11 is 3.51. The Morgan fingerprint density at radius 3 is 2.50 bits per heavy atom. The first-order valence-electron chi connectivity index (χ1n) is 13.2. The first-order chi connectivity index (χ1) is 17.5. The lowest BCUT2D eigenvalue weighted by Gasteiger charge is -2.37. The molecular weight excluding hydrogens is 518 g/mol. The van der Waals surface area contributed by atoms with Crippen LogP contribution in [0, 0.1) is 6.92 Å². The molecule has 2 heterocycles. The number of carbonyl (C=O) groups excluding carboxylic acids is 1. The molecule has 0 bridgehead atoms. The summed E-state index contributed by atoms with van der Waals surface area (Å²) < 4.78 is 8.61. The largest absolute Gasteiger partial charge is 0.507 e. The lowest BCUT2D eigenvalue weighted by molar-refractivity contribution is 0.0525. The van der Waals surface area contributed by atoms with E-state index in [0.29, 0.717) is 29.2 Å². The van der Waals surface area contributed by atoms with Gasteiger partial charge in [-0.2, -0.15) is 0 Å². The number of ether oxygens (including phenoxy) is 1. The van der Waals surface area contributed by atoms with Crippen molar-refractivity contribution in [1.82, 2.24) is 9.47 Å². The summed E-state index contributed by atoms with van der Waals surface area (Å²) in [5, 5.41) is 11.3. The maximum absolute atomic E-state index is 13.3. The second-order valence-electron chi connectivity index (χ2n) is 10.1. The Labute approximate surface area is 222 Å². The van der Waals surface area contributed by atoms with E-state index in [9.17, 15) is 9.90 Å². The van der Waals surface area contributed by atoms with Crippen LogP contribution in [0.1, 0.15) is 66.7 Å². The van der Waals surface area contributed by atoms with E-state index in [2.05, 4.69) is 61.5 Å². The fraction of sp³-hybridized carbons (Fsp3) is 0.483. The molecule has 1 saturated heterocycles. The average Bonchev–Trinajstić information content (AvgIpc) is 3.18. The number of aromatic hydroxyl groups is 1. The van der Waals surface area contributed by atoms with Crippen LogP contribution in [0.5, 0.6) is 5.75 Å². The summed E-state index contributed by atoms with van der Waals surface area (Å²) in [6.07, 6.45) is 5.89. The second kappa shape index (κ2) is 10.9. The minimum atomic E-state index is -0.299. The van der Waals surface area contributed by atoms with Crippen LogP contribution in [0.25, 0.3) is 10.9 Å². The van der Waals surface area contributed by atoms with Gasteiger partial charge >= 0.3 is 5.97 Å². The van der Waals surface area contributed by atoms with Gasteiger partial charge in [0.2, 0.25) is 0 Å². The van der Waals surface area contributed by atoms with Crippen molar-refractivity contribution in [3.63, 3.8) is 0 Å². The number of esters is 1. The standard InChI is InChI=1S/C29H36BrN3O3/c1-3-36-29(35)28-22-17-27(34)23(30)18-25(22)33(21-10-5-4-6-11-21)26(28)19-31-13-15-32(16-14-31)24-12-8-7-9-20(24)2/h7-9,12,17-18,21,34H,3-6,10-11,13-16,19H2,1-2H3. The summed E-state index contributed by atoms with van der Waals surface area (Å²) in [6, 6.07) is 12.6. The van der Waals surface area contributed by atoms with E-state index in [1.54, 1.807) is 6.07 Å². The molecule has 0 atom stereocenters. The summed E-state index contributed by atoms with van der Waals surface area (Å²) in [5.74, 6) is -0.153. The van der Waals surface area contributed by atoms with Gasteiger partial charge in [0.05, 0.1) is 22.2 Å². The van der Waals surface area contributed by atoms with E-state index < -0.39 is 0 Å². The van der Waals surface area contributed by atoms with Gasteiger partial charge in [0.25, 0.3) is 0 Å². The maximum Gasteiger partial charge on any atom is 0.340 e. The maximum atomic E-state index is 13.3. The zero-order valence-electron chi connectivity index (χ0n) is 21.3. The Bertz CT molecular complexity index is 1240. The first-order valence-corrected chi connectivity index (χ1v) is 14.0. The fourth-order valence-electron chi connectivity index (χ4n) is 5.99. The van der Waals surface area contributed by atoms with Crippen LogP contribution in [-0.2, 0) is 11.3 Å². The highest BCUT2D eigenvalue weighted by Gasteiger charge is 2.31. The predicted octanol–water partition coefficient (Wildman–Crippen LogP) is 6.42. The van der Waals surface area contributed by atoms with Gasteiger partial charge in [-0.3, -0.25) is 4.90 Å². The molecule has 0 spiro atoms. The van der Waals surface area contributed by atoms with Crippen molar-refractivity contribution in [3.8, 4) is 5.75 Å². The third-order valence-corrected chi connectivity index (χ3v) is 8.43. The van der Waals surface area contributed by atoms with E-state index in [0.717, 1.165) is 55.6 Å². The molecule has 0 unspecified atom stereocenters. The molecule has 0 radical (unpaired) electrons. The Balaban J connectivity index is 1.52. The number of rotatable bonds is 6. The van der Waals surface area contributed by atoms with Crippen LogP contribution in [-0.4, -0.2) is 53.3 Å². The molecule has 36 heavy (non-hydrogen) atoms. The highest BCUT2D eigenvalue weighted by molar-refractivity contribution is 9.10. The van der Waals surface area contributed by atoms with Crippen LogP contribution in [0.4, 0.5) is 5.69 Å². The molecular formula is C29H36BrN3O3. The fourth-order valence-corrected chi connectivity index (χ4v) is 6.32. The van der Waals surface area contributed by atoms with Crippen molar-refractivity contribution in [2.45, 2.75) is 58.5 Å². The van der Waals surface area contributed by atoms with Crippen LogP contribution in [0.15, 0.2) is 40.9 Å². The number of anilines is 1. The number of halogens is 1. The van der Waals surface area contributed by atoms with Gasteiger partial charge in [0, 0.05) is 55.5 Å². The number of hydrogen-bond acceptors (Lipinski definition) is 5. The molecule has 1 aromatic heterocycles. The highest BCUT2D eigenvalue weighted by Crippen LogP contribution is 2.40. The summed E-state index contributed by atoms with van der Waals surface area (Å²) in [4.78, 5) is 18.3. The number of benzene rings is 2. The molecule has 192 valence electrons. The molecule has 3 aromatic rings. The number of aryl methyl sites for hydroxylation is 1. The zero-order valence-corrected chi connectivity index (χ0v) is 22.9. The monoisotopic (exact) mass is 553 g/mol. The van der Waals surface area contributed by atoms with E-state index in [4.69, 9.17) is 4.74 Å². The Kier molecular flexibility index (Phi) is 7.58. The molecule has 1 aliphatic carbocycles. The van der Waals surface area contributed by atoms with E-state index in [-0.39, 0.29) is 11.7 Å². The molecule has 2 aromatic carbocycles. The van der Waals surface area contributed by atoms with Crippen molar-refractivity contribution in [2.75, 3.05) is 37.7 Å². The number of phenols is 1. The Morgan fingerprint density at radius 1 is 1.08 bits per heavy atom. The molecule has 7 heteroatoms. The SMILES string of the molecule is CCOC(=O)c1c(CN2CCN(c3ccccc3C)CC2)n(C2CCCCC2)c2cc(Br)c(O)cc12. The van der Waals surface area contributed by atoms with Crippen molar-refractivity contribution in [1.29, 1.82) is 0 Å². The molecule has 0 amide bonds. The topological polar surface area (TPSA) is 57.9 Å². The van der Waals surface area contributed by atoms with E-state index >= 15 is 0 Å². The first kappa shape index (κ1) is 25.2. The quantitative estimate of drug-likeness (QED) is 0.357. The Hall–Kier alpha value is -2.51. The molecule has 6 nitrogen and oxygen atoms in total. The van der Waals surface area contributed by atoms with Crippen LogP contribution in [0.3, 0.4) is 0 Å². The molecule has 1 saturated carbocycles. The van der Waals surface area contributed by atoms with Gasteiger partial charge in [-0.05, 0) is 66.4 Å². The number of para-hydroxylation sites is 1. The normalized spacial score (nSPS) is 17.6. The van der Waals surface area contributed by atoms with Crippen LogP contribution < -0.4 is 4.90 Å². The average molecular weight is 555 g/mol. The zero-order chi connectivity index (χ0) is 25.2. The minimum Gasteiger partial charge on any atom is -0.507 e. The predicted molar refractivity (Wildman–Crippen MR) is 148 cm³/mol. The molecule has 5 rings (SSSR count). The van der Waals surface area contributed by atoms with Gasteiger partial charge in [-0.1, -0.05) is 37.5 Å². The third-order valence-electron chi connectivity index (χ3n) is 7.79. The molecule has 1 aliphatic heterocycles. The van der Waals surface area contributed by atoms with E-state index in [1.807, 2.05) is 13.0 Å². The van der Waals surface area contributed by atoms with Crippen LogP contribution >= 0.6 is 15.9 Å². The lowest BCUT2D eigenvalue weighted by Crippen LogP contribution is -2.46. The number of piperazine rings is 1. The summed E-state index contributed by atoms with van der Waals surface area (Å²) in [6.45, 7) is 8.80. The lowest BCUT2D eigenvalue weighted by atomic mass is 9.95.